The molecule has 2 rings (SSSR count). The molecule has 0 saturated carbocycles. The van der Waals surface area contributed by atoms with Gasteiger partial charge in [-0.2, -0.15) is 0 Å². The standard InChI is InChI=1S/C12H23N3O/c1-10(9-15-7-2-3-8-15)14-12(16)11-5-4-6-13-11/h10-11,13H,2-9H2,1H3,(H,14,16). The maximum Gasteiger partial charge on any atom is 0.237 e. The number of amides is 1. The van der Waals surface area contributed by atoms with E-state index in [1.54, 1.807) is 0 Å². The molecule has 0 spiro atoms. The Kier molecular flexibility index (Phi) is 4.18. The minimum absolute atomic E-state index is 0.0565. The van der Waals surface area contributed by atoms with Crippen molar-refractivity contribution in [3.63, 3.8) is 0 Å². The molecule has 0 aromatic carbocycles. The van der Waals surface area contributed by atoms with Gasteiger partial charge >= 0.3 is 0 Å². The van der Waals surface area contributed by atoms with Gasteiger partial charge in [0.2, 0.25) is 5.91 Å². The summed E-state index contributed by atoms with van der Waals surface area (Å²) in [5, 5.41) is 6.34. The quantitative estimate of drug-likeness (QED) is 0.725. The zero-order chi connectivity index (χ0) is 11.4. The van der Waals surface area contributed by atoms with Crippen LogP contribution in [0.3, 0.4) is 0 Å². The van der Waals surface area contributed by atoms with E-state index in [2.05, 4.69) is 22.5 Å². The molecule has 2 aliphatic rings. The van der Waals surface area contributed by atoms with E-state index < -0.39 is 0 Å². The Morgan fingerprint density at radius 2 is 2.19 bits per heavy atom. The van der Waals surface area contributed by atoms with Crippen molar-refractivity contribution in [2.24, 2.45) is 0 Å². The first-order valence-corrected chi connectivity index (χ1v) is 6.52. The highest BCUT2D eigenvalue weighted by molar-refractivity contribution is 5.82. The Morgan fingerprint density at radius 1 is 1.44 bits per heavy atom. The number of hydrogen-bond donors (Lipinski definition) is 2. The van der Waals surface area contributed by atoms with Crippen molar-refractivity contribution < 1.29 is 4.79 Å². The van der Waals surface area contributed by atoms with E-state index in [1.807, 2.05) is 0 Å². The average Bonchev–Trinajstić information content (AvgIpc) is 2.88. The molecule has 0 aliphatic carbocycles. The van der Waals surface area contributed by atoms with Crippen LogP contribution in [0.25, 0.3) is 0 Å². The van der Waals surface area contributed by atoms with Gasteiger partial charge in [-0.3, -0.25) is 4.79 Å². The van der Waals surface area contributed by atoms with Crippen LogP contribution in [0.2, 0.25) is 0 Å². The second-order valence-electron chi connectivity index (χ2n) is 5.07. The highest BCUT2D eigenvalue weighted by Crippen LogP contribution is 2.08. The fourth-order valence-corrected chi connectivity index (χ4v) is 2.65. The van der Waals surface area contributed by atoms with Crippen LogP contribution < -0.4 is 10.6 Å². The van der Waals surface area contributed by atoms with E-state index in [1.165, 1.54) is 25.9 Å². The molecule has 4 nitrogen and oxygen atoms in total. The van der Waals surface area contributed by atoms with Crippen molar-refractivity contribution in [3.8, 4) is 0 Å². The molecule has 0 radical (unpaired) electrons. The van der Waals surface area contributed by atoms with Crippen molar-refractivity contribution in [3.05, 3.63) is 0 Å². The van der Waals surface area contributed by atoms with E-state index in [4.69, 9.17) is 0 Å². The van der Waals surface area contributed by atoms with Gasteiger partial charge in [-0.05, 0) is 52.2 Å². The molecule has 2 heterocycles. The molecule has 2 fully saturated rings. The van der Waals surface area contributed by atoms with Gasteiger partial charge in [0.25, 0.3) is 0 Å². The van der Waals surface area contributed by atoms with Gasteiger partial charge in [-0.15, -0.1) is 0 Å². The van der Waals surface area contributed by atoms with Crippen molar-refractivity contribution in [2.45, 2.75) is 44.7 Å². The van der Waals surface area contributed by atoms with Crippen LogP contribution in [0.5, 0.6) is 0 Å². The van der Waals surface area contributed by atoms with Crippen LogP contribution >= 0.6 is 0 Å². The van der Waals surface area contributed by atoms with Gasteiger partial charge < -0.3 is 15.5 Å². The Bertz CT molecular complexity index is 232. The lowest BCUT2D eigenvalue weighted by Gasteiger charge is -2.22. The molecule has 1 amide bonds. The monoisotopic (exact) mass is 225 g/mol. The van der Waals surface area contributed by atoms with Crippen molar-refractivity contribution in [1.82, 2.24) is 15.5 Å². The molecule has 0 aromatic rings. The summed E-state index contributed by atoms with van der Waals surface area (Å²) in [6.45, 7) is 6.48. The third-order valence-corrected chi connectivity index (χ3v) is 3.50. The van der Waals surface area contributed by atoms with Gasteiger partial charge in [0.1, 0.15) is 0 Å². The van der Waals surface area contributed by atoms with Crippen LogP contribution in [-0.2, 0) is 4.79 Å². The summed E-state index contributed by atoms with van der Waals surface area (Å²) in [7, 11) is 0. The minimum Gasteiger partial charge on any atom is -0.351 e. The van der Waals surface area contributed by atoms with E-state index >= 15 is 0 Å². The van der Waals surface area contributed by atoms with Crippen molar-refractivity contribution in [2.75, 3.05) is 26.2 Å². The summed E-state index contributed by atoms with van der Waals surface area (Å²) in [5.41, 5.74) is 0. The van der Waals surface area contributed by atoms with Crippen LogP contribution in [-0.4, -0.2) is 49.1 Å². The number of likely N-dealkylation sites (tertiary alicyclic amines) is 1. The van der Waals surface area contributed by atoms with Gasteiger partial charge in [-0.1, -0.05) is 0 Å². The number of nitrogens with one attached hydrogen (secondary N) is 2. The number of carbonyl (C=O) groups is 1. The normalized spacial score (nSPS) is 28.2. The molecule has 4 heteroatoms. The molecule has 2 aliphatic heterocycles. The van der Waals surface area contributed by atoms with E-state index in [-0.39, 0.29) is 18.0 Å². The third kappa shape index (κ3) is 3.19. The predicted octanol–water partition coefficient (Wildman–Crippen LogP) is 0.339. The Hall–Kier alpha value is -0.610. The SMILES string of the molecule is CC(CN1CCCC1)NC(=O)C1CCCN1. The summed E-state index contributed by atoms with van der Waals surface area (Å²) in [6.07, 6.45) is 4.73. The summed E-state index contributed by atoms with van der Waals surface area (Å²) < 4.78 is 0. The maximum atomic E-state index is 11.8. The number of nitrogens with zero attached hydrogens (tertiary/aromatic N) is 1. The summed E-state index contributed by atoms with van der Waals surface area (Å²) >= 11 is 0. The molecule has 2 atom stereocenters. The molecule has 2 saturated heterocycles. The van der Waals surface area contributed by atoms with Crippen LogP contribution in [0.1, 0.15) is 32.6 Å². The van der Waals surface area contributed by atoms with Crippen LogP contribution in [0.15, 0.2) is 0 Å². The average molecular weight is 225 g/mol. The topological polar surface area (TPSA) is 44.4 Å². The van der Waals surface area contributed by atoms with Crippen molar-refractivity contribution >= 4 is 5.91 Å². The highest BCUT2D eigenvalue weighted by atomic mass is 16.2. The third-order valence-electron chi connectivity index (χ3n) is 3.50. The van der Waals surface area contributed by atoms with Gasteiger partial charge in [-0.25, -0.2) is 0 Å². The Morgan fingerprint density at radius 3 is 2.81 bits per heavy atom. The zero-order valence-corrected chi connectivity index (χ0v) is 10.2. The fourth-order valence-electron chi connectivity index (χ4n) is 2.65. The summed E-state index contributed by atoms with van der Waals surface area (Å²) in [5.74, 6) is 0.184. The lowest BCUT2D eigenvalue weighted by Crippen LogP contribution is -2.47. The molecule has 16 heavy (non-hydrogen) atoms. The van der Waals surface area contributed by atoms with Crippen molar-refractivity contribution in [1.29, 1.82) is 0 Å². The van der Waals surface area contributed by atoms with Crippen LogP contribution in [0, 0.1) is 0 Å². The lowest BCUT2D eigenvalue weighted by molar-refractivity contribution is -0.123. The van der Waals surface area contributed by atoms with E-state index in [0.29, 0.717) is 0 Å². The minimum atomic E-state index is 0.0565. The predicted molar refractivity (Wildman–Crippen MR) is 64.3 cm³/mol. The molecular weight excluding hydrogens is 202 g/mol. The summed E-state index contributed by atoms with van der Waals surface area (Å²) in [6, 6.07) is 0.328. The first-order chi connectivity index (χ1) is 7.75. The fraction of sp³-hybridized carbons (Fsp3) is 0.917. The molecule has 0 aromatic heterocycles. The molecule has 0 bridgehead atoms. The first-order valence-electron chi connectivity index (χ1n) is 6.52. The second-order valence-corrected chi connectivity index (χ2v) is 5.07. The molecule has 92 valence electrons. The lowest BCUT2D eigenvalue weighted by atomic mass is 10.2. The zero-order valence-electron chi connectivity index (χ0n) is 10.2. The Labute approximate surface area is 97.8 Å². The highest BCUT2D eigenvalue weighted by Gasteiger charge is 2.23. The van der Waals surface area contributed by atoms with Gasteiger partial charge in [0, 0.05) is 12.6 Å². The second kappa shape index (κ2) is 5.64. The maximum absolute atomic E-state index is 11.8. The smallest absolute Gasteiger partial charge is 0.237 e. The Balaban J connectivity index is 1.68. The molecule has 2 unspecified atom stereocenters. The number of rotatable bonds is 4. The first kappa shape index (κ1) is 11.9. The number of carbonyl (C=O) groups excluding carboxylic acids is 1. The van der Waals surface area contributed by atoms with E-state index in [0.717, 1.165) is 25.9 Å². The van der Waals surface area contributed by atoms with Crippen LogP contribution in [0.4, 0.5) is 0 Å². The summed E-state index contributed by atoms with van der Waals surface area (Å²) in [4.78, 5) is 14.3. The van der Waals surface area contributed by atoms with Gasteiger partial charge in [0.05, 0.1) is 6.04 Å². The van der Waals surface area contributed by atoms with Gasteiger partial charge in [0.15, 0.2) is 0 Å². The number of hydrogen-bond acceptors (Lipinski definition) is 3. The molecule has 2 N–H and O–H groups in total. The van der Waals surface area contributed by atoms with E-state index in [9.17, 15) is 4.79 Å². The largest absolute Gasteiger partial charge is 0.351 e. The molecular formula is C12H23N3O.